The van der Waals surface area contributed by atoms with Crippen molar-refractivity contribution in [1.82, 2.24) is 10.2 Å². The first kappa shape index (κ1) is 15.7. The van der Waals surface area contributed by atoms with Crippen LogP contribution in [-0.2, 0) is 6.54 Å². The summed E-state index contributed by atoms with van der Waals surface area (Å²) in [6, 6.07) is 2.78. The molecule has 1 atom stereocenters. The molecule has 2 heterocycles. The van der Waals surface area contributed by atoms with Gasteiger partial charge in [-0.3, -0.25) is 4.90 Å². The third-order valence-corrected chi connectivity index (χ3v) is 5.45. The first-order valence-electron chi connectivity index (χ1n) is 5.52. The van der Waals surface area contributed by atoms with Crippen molar-refractivity contribution in [3.05, 3.63) is 19.8 Å². The fourth-order valence-electron chi connectivity index (χ4n) is 2.12. The highest BCUT2D eigenvalue weighted by atomic mass is 79.9. The van der Waals surface area contributed by atoms with Crippen LogP contribution in [0.5, 0.6) is 0 Å². The molecule has 0 radical (unpaired) electrons. The number of likely N-dealkylation sites (N-methyl/N-ethyl adjacent to an activating group) is 1. The predicted octanol–water partition coefficient (Wildman–Crippen LogP) is 3.77. The number of halogens is 3. The van der Waals surface area contributed by atoms with E-state index >= 15 is 0 Å². The summed E-state index contributed by atoms with van der Waals surface area (Å²) < 4.78 is 1.88. The number of hydrogen-bond donors (Lipinski definition) is 1. The van der Waals surface area contributed by atoms with Gasteiger partial charge in [-0.1, -0.05) is 11.6 Å². The van der Waals surface area contributed by atoms with Crippen LogP contribution in [0.15, 0.2) is 10.5 Å². The highest BCUT2D eigenvalue weighted by molar-refractivity contribution is 9.10. The van der Waals surface area contributed by atoms with Crippen LogP contribution >= 0.6 is 51.3 Å². The summed E-state index contributed by atoms with van der Waals surface area (Å²) in [6.07, 6.45) is 2.58. The van der Waals surface area contributed by atoms with Gasteiger partial charge >= 0.3 is 0 Å². The lowest BCUT2D eigenvalue weighted by atomic mass is 10.1. The van der Waals surface area contributed by atoms with Gasteiger partial charge in [0.25, 0.3) is 0 Å². The normalized spacial score (nSPS) is 21.2. The van der Waals surface area contributed by atoms with Gasteiger partial charge in [0.2, 0.25) is 0 Å². The third-order valence-electron chi connectivity index (χ3n) is 2.99. The van der Waals surface area contributed by atoms with Gasteiger partial charge in [-0.25, -0.2) is 0 Å². The molecule has 1 aromatic rings. The van der Waals surface area contributed by atoms with E-state index < -0.39 is 0 Å². The molecule has 0 aliphatic carbocycles. The van der Waals surface area contributed by atoms with Crippen LogP contribution in [0.2, 0.25) is 4.34 Å². The Hall–Kier alpha value is 0.680. The number of nitrogens with one attached hydrogen (secondary N) is 1. The van der Waals surface area contributed by atoms with Gasteiger partial charge in [0.15, 0.2) is 0 Å². The molecule has 2 rings (SSSR count). The van der Waals surface area contributed by atoms with E-state index in [1.165, 1.54) is 24.3 Å². The minimum absolute atomic E-state index is 0. The van der Waals surface area contributed by atoms with Crippen LogP contribution in [0.3, 0.4) is 0 Å². The fraction of sp³-hybridized carbons (Fsp3) is 0.636. The Morgan fingerprint density at radius 2 is 2.41 bits per heavy atom. The molecule has 1 aliphatic heterocycles. The molecular formula is C11H17BrCl2N2S. The molecule has 6 heteroatoms. The summed E-state index contributed by atoms with van der Waals surface area (Å²) in [4.78, 5) is 3.84. The first-order chi connectivity index (χ1) is 7.69. The van der Waals surface area contributed by atoms with E-state index in [0.29, 0.717) is 6.04 Å². The minimum Gasteiger partial charge on any atom is -0.316 e. The van der Waals surface area contributed by atoms with E-state index in [9.17, 15) is 0 Å². The first-order valence-corrected chi connectivity index (χ1v) is 7.51. The SMILES string of the molecule is CNC1CCCN(Cc2cc(Br)c(Cl)s2)C1.Cl. The lowest BCUT2D eigenvalue weighted by Gasteiger charge is -2.32. The van der Waals surface area contributed by atoms with Crippen molar-refractivity contribution in [3.63, 3.8) is 0 Å². The zero-order valence-corrected chi connectivity index (χ0v) is 13.7. The monoisotopic (exact) mass is 358 g/mol. The second-order valence-corrected chi connectivity index (χ2v) is 6.79. The van der Waals surface area contributed by atoms with Crippen LogP contribution in [0.25, 0.3) is 0 Å². The zero-order chi connectivity index (χ0) is 11.5. The Kier molecular flexibility index (Phi) is 6.77. The molecule has 1 aliphatic rings. The smallest absolute Gasteiger partial charge is 0.107 e. The van der Waals surface area contributed by atoms with Crippen LogP contribution < -0.4 is 5.32 Å². The van der Waals surface area contributed by atoms with Gasteiger partial charge < -0.3 is 5.32 Å². The maximum atomic E-state index is 6.04. The highest BCUT2D eigenvalue weighted by Crippen LogP contribution is 2.32. The lowest BCUT2D eigenvalue weighted by Crippen LogP contribution is -2.43. The topological polar surface area (TPSA) is 15.3 Å². The number of hydrogen-bond acceptors (Lipinski definition) is 3. The lowest BCUT2D eigenvalue weighted by molar-refractivity contribution is 0.189. The van der Waals surface area contributed by atoms with Gasteiger partial charge in [0.1, 0.15) is 4.34 Å². The van der Waals surface area contributed by atoms with Crippen molar-refractivity contribution in [1.29, 1.82) is 0 Å². The number of nitrogens with zero attached hydrogens (tertiary/aromatic N) is 1. The molecule has 1 aromatic heterocycles. The van der Waals surface area contributed by atoms with Crippen LogP contribution in [0.4, 0.5) is 0 Å². The Morgan fingerprint density at radius 3 is 3.00 bits per heavy atom. The maximum Gasteiger partial charge on any atom is 0.107 e. The molecule has 0 saturated carbocycles. The van der Waals surface area contributed by atoms with Crippen LogP contribution in [-0.4, -0.2) is 31.1 Å². The molecule has 1 N–H and O–H groups in total. The Morgan fingerprint density at radius 1 is 1.65 bits per heavy atom. The van der Waals surface area contributed by atoms with Gasteiger partial charge in [-0.2, -0.15) is 0 Å². The molecule has 17 heavy (non-hydrogen) atoms. The zero-order valence-electron chi connectivity index (χ0n) is 9.71. The van der Waals surface area contributed by atoms with Gasteiger partial charge in [0, 0.05) is 28.5 Å². The second kappa shape index (κ2) is 7.31. The summed E-state index contributed by atoms with van der Waals surface area (Å²) in [5.41, 5.74) is 0. The van der Waals surface area contributed by atoms with E-state index in [1.54, 1.807) is 11.3 Å². The average Bonchev–Trinajstić information content (AvgIpc) is 2.58. The molecule has 1 unspecified atom stereocenters. The quantitative estimate of drug-likeness (QED) is 0.883. The van der Waals surface area contributed by atoms with E-state index in [2.05, 4.69) is 32.2 Å². The standard InChI is InChI=1S/C11H16BrClN2S.ClH/c1-14-8-3-2-4-15(6-8)7-9-5-10(12)11(13)16-9;/h5,8,14H,2-4,6-7H2,1H3;1H. The molecule has 0 aromatic carbocycles. The summed E-state index contributed by atoms with van der Waals surface area (Å²) >= 11 is 11.2. The van der Waals surface area contributed by atoms with Crippen molar-refractivity contribution in [2.45, 2.75) is 25.4 Å². The number of likely N-dealkylation sites (tertiary alicyclic amines) is 1. The Balaban J connectivity index is 0.00000144. The summed E-state index contributed by atoms with van der Waals surface area (Å²) in [6.45, 7) is 3.36. The molecule has 2 nitrogen and oxygen atoms in total. The molecule has 1 saturated heterocycles. The van der Waals surface area contributed by atoms with E-state index in [4.69, 9.17) is 11.6 Å². The van der Waals surface area contributed by atoms with Gasteiger partial charge in [0.05, 0.1) is 0 Å². The number of rotatable bonds is 3. The molecule has 98 valence electrons. The molecule has 0 amide bonds. The maximum absolute atomic E-state index is 6.04. The van der Waals surface area contributed by atoms with Crippen LogP contribution in [0, 0.1) is 0 Å². The van der Waals surface area contributed by atoms with Crippen molar-refractivity contribution >= 4 is 51.3 Å². The molecular weight excluding hydrogens is 343 g/mol. The summed E-state index contributed by atoms with van der Waals surface area (Å²) in [5.74, 6) is 0. The Bertz CT molecular complexity index is 340. The Labute approximate surface area is 126 Å². The van der Waals surface area contributed by atoms with Crippen molar-refractivity contribution in [2.24, 2.45) is 0 Å². The fourth-order valence-corrected chi connectivity index (χ4v) is 3.96. The highest BCUT2D eigenvalue weighted by Gasteiger charge is 2.19. The largest absolute Gasteiger partial charge is 0.316 e. The number of piperidine rings is 1. The molecule has 1 fully saturated rings. The van der Waals surface area contributed by atoms with Gasteiger partial charge in [-0.15, -0.1) is 23.7 Å². The summed E-state index contributed by atoms with van der Waals surface area (Å²) in [7, 11) is 2.05. The number of thiophene rings is 1. The molecule has 0 bridgehead atoms. The predicted molar refractivity (Wildman–Crippen MR) is 81.6 cm³/mol. The van der Waals surface area contributed by atoms with Gasteiger partial charge in [-0.05, 0) is 48.4 Å². The van der Waals surface area contributed by atoms with Crippen LogP contribution in [0.1, 0.15) is 17.7 Å². The van der Waals surface area contributed by atoms with Crippen molar-refractivity contribution < 1.29 is 0 Å². The van der Waals surface area contributed by atoms with E-state index in [-0.39, 0.29) is 12.4 Å². The average molecular weight is 360 g/mol. The second-order valence-electron chi connectivity index (χ2n) is 4.20. The van der Waals surface area contributed by atoms with E-state index in [1.807, 2.05) is 7.05 Å². The summed E-state index contributed by atoms with van der Waals surface area (Å²) in [5, 5.41) is 3.36. The van der Waals surface area contributed by atoms with Crippen molar-refractivity contribution in [3.8, 4) is 0 Å². The van der Waals surface area contributed by atoms with E-state index in [0.717, 1.165) is 21.9 Å². The molecule has 0 spiro atoms. The third kappa shape index (κ3) is 4.37. The van der Waals surface area contributed by atoms with Crippen molar-refractivity contribution in [2.75, 3.05) is 20.1 Å². The minimum atomic E-state index is 0.